The minimum atomic E-state index is 0. The standard InChI is InChI=1S/C5H11.Re/c1-3-5-4-2;/h1,3-5H2,2H3;/q-1;. The number of hydrogen-bond donors (Lipinski definition) is 0. The Morgan fingerprint density at radius 3 is 2.00 bits per heavy atom. The van der Waals surface area contributed by atoms with E-state index in [1.165, 1.54) is 12.8 Å². The summed E-state index contributed by atoms with van der Waals surface area (Å²) >= 11 is 0. The first-order valence-corrected chi connectivity index (χ1v) is 2.21. The van der Waals surface area contributed by atoms with Crippen molar-refractivity contribution < 1.29 is 20.4 Å². The molecule has 0 heterocycles. The van der Waals surface area contributed by atoms with Gasteiger partial charge in [0.15, 0.2) is 0 Å². The maximum Gasteiger partial charge on any atom is 0 e. The predicted octanol–water partition coefficient (Wildman–Crippen LogP) is 2.01. The van der Waals surface area contributed by atoms with Crippen molar-refractivity contribution in [3.8, 4) is 0 Å². The molecule has 6 heavy (non-hydrogen) atoms. The van der Waals surface area contributed by atoms with Gasteiger partial charge < -0.3 is 6.92 Å². The Morgan fingerprint density at radius 1 is 1.50 bits per heavy atom. The van der Waals surface area contributed by atoms with E-state index in [9.17, 15) is 0 Å². The molecule has 39 valence electrons. The van der Waals surface area contributed by atoms with Gasteiger partial charge in [-0.25, -0.2) is 0 Å². The Morgan fingerprint density at radius 2 is 2.00 bits per heavy atom. The smallest absolute Gasteiger partial charge is 0 e. The van der Waals surface area contributed by atoms with Gasteiger partial charge in [-0.3, -0.25) is 0 Å². The molecule has 0 rings (SSSR count). The minimum absolute atomic E-state index is 0. The Balaban J connectivity index is 0. The summed E-state index contributed by atoms with van der Waals surface area (Å²) < 4.78 is 0. The predicted molar refractivity (Wildman–Crippen MR) is 24.9 cm³/mol. The van der Waals surface area contributed by atoms with E-state index in [-0.39, 0.29) is 20.4 Å². The zero-order valence-electron chi connectivity index (χ0n) is 4.21. The van der Waals surface area contributed by atoms with Gasteiger partial charge in [-0.15, -0.1) is 0 Å². The molecule has 0 aromatic carbocycles. The fourth-order valence-corrected chi connectivity index (χ4v) is 0.250. The van der Waals surface area contributed by atoms with Crippen LogP contribution < -0.4 is 0 Å². The summed E-state index contributed by atoms with van der Waals surface area (Å²) in [6.07, 6.45) is 3.65. The van der Waals surface area contributed by atoms with Crippen LogP contribution in [0.1, 0.15) is 26.2 Å². The molecule has 0 atom stereocenters. The van der Waals surface area contributed by atoms with Gasteiger partial charge in [0.25, 0.3) is 0 Å². The maximum atomic E-state index is 3.68. The molecule has 0 amide bonds. The third kappa shape index (κ3) is 8.82. The van der Waals surface area contributed by atoms with E-state index in [1.54, 1.807) is 0 Å². The molecular weight excluding hydrogens is 246 g/mol. The second-order valence-corrected chi connectivity index (χ2v) is 1.21. The molecule has 0 aromatic rings. The first-order chi connectivity index (χ1) is 2.41. The molecule has 0 saturated carbocycles. The van der Waals surface area contributed by atoms with Crippen molar-refractivity contribution in [3.05, 3.63) is 6.92 Å². The molecule has 1 heteroatoms. The first kappa shape index (κ1) is 9.83. The van der Waals surface area contributed by atoms with Crippen LogP contribution in [0.25, 0.3) is 0 Å². The van der Waals surface area contributed by atoms with Crippen LogP contribution in [0.2, 0.25) is 0 Å². The second-order valence-electron chi connectivity index (χ2n) is 1.21. The van der Waals surface area contributed by atoms with Crippen LogP contribution in [0.5, 0.6) is 0 Å². The average molecular weight is 257 g/mol. The summed E-state index contributed by atoms with van der Waals surface area (Å²) in [6, 6.07) is 0. The zero-order chi connectivity index (χ0) is 4.12. The molecule has 0 aromatic heterocycles. The monoisotopic (exact) mass is 258 g/mol. The molecular formula is C5H11Re-. The average Bonchev–Trinajstić information content (AvgIpc) is 1.41. The van der Waals surface area contributed by atoms with E-state index in [1.807, 2.05) is 0 Å². The van der Waals surface area contributed by atoms with Gasteiger partial charge in [0, 0.05) is 20.4 Å². The van der Waals surface area contributed by atoms with Gasteiger partial charge in [-0.2, -0.15) is 6.42 Å². The fraction of sp³-hybridized carbons (Fsp3) is 0.800. The number of hydrogen-bond acceptors (Lipinski definition) is 0. The van der Waals surface area contributed by atoms with E-state index >= 15 is 0 Å². The molecule has 0 spiro atoms. The minimum Gasteiger partial charge on any atom is -0.343 e. The zero-order valence-corrected chi connectivity index (χ0v) is 6.92. The van der Waals surface area contributed by atoms with Crippen LogP contribution in [0.3, 0.4) is 0 Å². The van der Waals surface area contributed by atoms with Crippen molar-refractivity contribution in [1.29, 1.82) is 0 Å². The van der Waals surface area contributed by atoms with Crippen LogP contribution >= 0.6 is 0 Å². The molecule has 0 unspecified atom stereocenters. The third-order valence-electron chi connectivity index (χ3n) is 0.604. The van der Waals surface area contributed by atoms with E-state index < -0.39 is 0 Å². The van der Waals surface area contributed by atoms with Gasteiger partial charge in [0.1, 0.15) is 0 Å². The largest absolute Gasteiger partial charge is 0.343 e. The Kier molecular flexibility index (Phi) is 15.0. The van der Waals surface area contributed by atoms with Crippen LogP contribution in [0, 0.1) is 6.92 Å². The summed E-state index contributed by atoms with van der Waals surface area (Å²) in [5, 5.41) is 0. The van der Waals surface area contributed by atoms with E-state index in [4.69, 9.17) is 0 Å². The number of unbranched alkanes of at least 4 members (excludes halogenated alkanes) is 2. The molecule has 1 radical (unpaired) electrons. The normalized spacial score (nSPS) is 7.00. The van der Waals surface area contributed by atoms with Crippen molar-refractivity contribution >= 4 is 0 Å². The topological polar surface area (TPSA) is 0 Å². The van der Waals surface area contributed by atoms with Crippen LogP contribution in [-0.4, -0.2) is 0 Å². The number of rotatable bonds is 2. The van der Waals surface area contributed by atoms with E-state index in [0.29, 0.717) is 0 Å². The van der Waals surface area contributed by atoms with Crippen molar-refractivity contribution in [2.45, 2.75) is 26.2 Å². The molecule has 0 bridgehead atoms. The molecule has 0 aliphatic heterocycles. The summed E-state index contributed by atoms with van der Waals surface area (Å²) in [5.41, 5.74) is 0. The van der Waals surface area contributed by atoms with E-state index in [2.05, 4.69) is 13.8 Å². The van der Waals surface area contributed by atoms with Crippen LogP contribution in [0.15, 0.2) is 0 Å². The Labute approximate surface area is 54.0 Å². The quantitative estimate of drug-likeness (QED) is 0.664. The van der Waals surface area contributed by atoms with Crippen LogP contribution in [-0.2, 0) is 20.4 Å². The SMILES string of the molecule is [CH2-]CCCC.[Re]. The molecule has 0 N–H and O–H groups in total. The molecule has 0 aliphatic carbocycles. The molecule has 0 saturated heterocycles. The molecule has 0 aliphatic rings. The van der Waals surface area contributed by atoms with Gasteiger partial charge in [-0.05, 0) is 0 Å². The Hall–Kier alpha value is 0.662. The van der Waals surface area contributed by atoms with Gasteiger partial charge in [0.2, 0.25) is 0 Å². The van der Waals surface area contributed by atoms with Crippen molar-refractivity contribution in [2.75, 3.05) is 0 Å². The summed E-state index contributed by atoms with van der Waals surface area (Å²) in [5.74, 6) is 0. The van der Waals surface area contributed by atoms with Gasteiger partial charge in [-0.1, -0.05) is 19.8 Å². The van der Waals surface area contributed by atoms with E-state index in [0.717, 1.165) is 6.42 Å². The fourth-order valence-electron chi connectivity index (χ4n) is 0.250. The summed E-state index contributed by atoms with van der Waals surface area (Å²) in [6.45, 7) is 5.85. The summed E-state index contributed by atoms with van der Waals surface area (Å²) in [4.78, 5) is 0. The molecule has 0 fully saturated rings. The van der Waals surface area contributed by atoms with Crippen molar-refractivity contribution in [3.63, 3.8) is 0 Å². The first-order valence-electron chi connectivity index (χ1n) is 2.21. The van der Waals surface area contributed by atoms with Crippen molar-refractivity contribution in [2.24, 2.45) is 0 Å². The van der Waals surface area contributed by atoms with Crippen molar-refractivity contribution in [1.82, 2.24) is 0 Å². The maximum absolute atomic E-state index is 3.68. The second kappa shape index (κ2) is 9.18. The third-order valence-corrected chi connectivity index (χ3v) is 0.604. The van der Waals surface area contributed by atoms with Crippen LogP contribution in [0.4, 0.5) is 0 Å². The van der Waals surface area contributed by atoms with Gasteiger partial charge >= 0.3 is 0 Å². The summed E-state index contributed by atoms with van der Waals surface area (Å²) in [7, 11) is 0. The molecule has 0 nitrogen and oxygen atoms in total. The Bertz CT molecular complexity index is 11.4. The van der Waals surface area contributed by atoms with Gasteiger partial charge in [0.05, 0.1) is 0 Å².